The second-order valence-corrected chi connectivity index (χ2v) is 9.84. The number of aromatic nitrogens is 1. The van der Waals surface area contributed by atoms with Crippen molar-refractivity contribution >= 4 is 32.2 Å². The monoisotopic (exact) mass is 460 g/mol. The Labute approximate surface area is 183 Å². The molecule has 1 fully saturated rings. The number of nitrogens with zero attached hydrogens (tertiary/aromatic N) is 1. The molecule has 0 bridgehead atoms. The van der Waals surface area contributed by atoms with Gasteiger partial charge in [-0.25, -0.2) is 13.4 Å². The molecule has 0 aliphatic carbocycles. The molecular weight excluding hydrogens is 440 g/mol. The number of carbonyl (C=O) groups is 1. The number of thiazole rings is 1. The summed E-state index contributed by atoms with van der Waals surface area (Å²) in [5.74, 6) is 0.943. The van der Waals surface area contributed by atoms with Crippen molar-refractivity contribution in [3.05, 3.63) is 59.6 Å². The second-order valence-electron chi connectivity index (χ2n) is 6.93. The van der Waals surface area contributed by atoms with E-state index in [0.29, 0.717) is 41.2 Å². The lowest BCUT2D eigenvalue weighted by molar-refractivity contribution is 0.102. The molecule has 4 rings (SSSR count). The highest BCUT2D eigenvalue weighted by Gasteiger charge is 2.19. The number of rotatable bonds is 7. The second kappa shape index (κ2) is 9.04. The van der Waals surface area contributed by atoms with E-state index in [1.165, 1.54) is 23.5 Å². The predicted molar refractivity (Wildman–Crippen MR) is 116 cm³/mol. The molecule has 10 heteroatoms. The molecule has 3 aromatic rings. The minimum Gasteiger partial charge on any atom is -0.488 e. The Morgan fingerprint density at radius 3 is 2.58 bits per heavy atom. The van der Waals surface area contributed by atoms with Gasteiger partial charge in [0.25, 0.3) is 5.91 Å². The molecule has 162 valence electrons. The highest BCUT2D eigenvalue weighted by molar-refractivity contribution is 7.90. The topological polar surface area (TPSA) is 104 Å². The maximum absolute atomic E-state index is 12.7. The number of sulfone groups is 1. The van der Waals surface area contributed by atoms with Gasteiger partial charge in [0.2, 0.25) is 0 Å². The van der Waals surface area contributed by atoms with E-state index < -0.39 is 9.84 Å². The zero-order chi connectivity index (χ0) is 21.8. The van der Waals surface area contributed by atoms with Crippen molar-refractivity contribution in [1.82, 2.24) is 4.98 Å². The first-order valence-electron chi connectivity index (χ1n) is 9.45. The highest BCUT2D eigenvalue weighted by atomic mass is 32.2. The molecule has 8 nitrogen and oxygen atoms in total. The fourth-order valence-corrected chi connectivity index (χ4v) is 4.13. The zero-order valence-electron chi connectivity index (χ0n) is 16.6. The van der Waals surface area contributed by atoms with Crippen molar-refractivity contribution < 1.29 is 27.4 Å². The van der Waals surface area contributed by atoms with Crippen LogP contribution in [0, 0.1) is 0 Å². The standard InChI is InChI=1S/C21H20N2O6S2/c1-31(25,26)19-4-2-15(3-5-19)28-17-10-14(20(24)23-21-22-7-9-30-21)11-18(12-17)29-16-6-8-27-13-16/h2-5,7,9-12,16H,6,8,13H2,1H3,(H,22,23,24). The number of benzene rings is 2. The molecule has 2 heterocycles. The number of nitrogens with one attached hydrogen (secondary N) is 1. The van der Waals surface area contributed by atoms with Crippen LogP contribution in [0.25, 0.3) is 0 Å². The van der Waals surface area contributed by atoms with E-state index in [1.807, 2.05) is 0 Å². The molecule has 1 unspecified atom stereocenters. The van der Waals surface area contributed by atoms with E-state index in [1.54, 1.807) is 41.9 Å². The summed E-state index contributed by atoms with van der Waals surface area (Å²) in [6.45, 7) is 1.11. The Balaban J connectivity index is 1.59. The summed E-state index contributed by atoms with van der Waals surface area (Å²) in [4.78, 5) is 17.0. The average Bonchev–Trinajstić information content (AvgIpc) is 3.42. The molecule has 0 radical (unpaired) electrons. The Morgan fingerprint density at radius 1 is 1.16 bits per heavy atom. The molecule has 1 atom stereocenters. The summed E-state index contributed by atoms with van der Waals surface area (Å²) in [5, 5.41) is 4.99. The highest BCUT2D eigenvalue weighted by Crippen LogP contribution is 2.30. The number of hydrogen-bond acceptors (Lipinski definition) is 8. The largest absolute Gasteiger partial charge is 0.488 e. The van der Waals surface area contributed by atoms with Gasteiger partial charge in [0, 0.05) is 35.9 Å². The van der Waals surface area contributed by atoms with E-state index in [9.17, 15) is 13.2 Å². The minimum absolute atomic E-state index is 0.0980. The molecule has 1 aliphatic rings. The van der Waals surface area contributed by atoms with Crippen LogP contribution in [0.5, 0.6) is 17.2 Å². The Bertz CT molecular complexity index is 1160. The van der Waals surface area contributed by atoms with E-state index in [0.717, 1.165) is 12.7 Å². The van der Waals surface area contributed by atoms with Crippen LogP contribution in [0.4, 0.5) is 5.13 Å². The molecule has 31 heavy (non-hydrogen) atoms. The lowest BCUT2D eigenvalue weighted by Crippen LogP contribution is -2.17. The third-order valence-corrected chi connectivity index (χ3v) is 6.29. The van der Waals surface area contributed by atoms with E-state index in [-0.39, 0.29) is 16.9 Å². The van der Waals surface area contributed by atoms with Gasteiger partial charge in [-0.1, -0.05) is 0 Å². The van der Waals surface area contributed by atoms with Crippen LogP contribution >= 0.6 is 11.3 Å². The lowest BCUT2D eigenvalue weighted by atomic mass is 10.2. The third kappa shape index (κ3) is 5.60. The van der Waals surface area contributed by atoms with Gasteiger partial charge in [-0.3, -0.25) is 10.1 Å². The van der Waals surface area contributed by atoms with Crippen molar-refractivity contribution in [2.24, 2.45) is 0 Å². The molecule has 1 aromatic heterocycles. The Kier molecular flexibility index (Phi) is 6.21. The molecule has 2 aromatic carbocycles. The minimum atomic E-state index is -3.30. The van der Waals surface area contributed by atoms with E-state index in [2.05, 4.69) is 10.3 Å². The van der Waals surface area contributed by atoms with Crippen molar-refractivity contribution in [1.29, 1.82) is 0 Å². The maximum Gasteiger partial charge on any atom is 0.257 e. The fraction of sp³-hybridized carbons (Fsp3) is 0.238. The van der Waals surface area contributed by atoms with Gasteiger partial charge in [-0.15, -0.1) is 11.3 Å². The number of amides is 1. The van der Waals surface area contributed by atoms with Crippen LogP contribution in [-0.2, 0) is 14.6 Å². The molecule has 0 spiro atoms. The Hall–Kier alpha value is -2.95. The number of ether oxygens (including phenoxy) is 3. The number of hydrogen-bond donors (Lipinski definition) is 1. The van der Waals surface area contributed by atoms with Crippen molar-refractivity contribution in [2.45, 2.75) is 17.4 Å². The average molecular weight is 461 g/mol. The summed E-state index contributed by atoms with van der Waals surface area (Å²) in [5.41, 5.74) is 0.342. The molecule has 1 N–H and O–H groups in total. The number of carbonyl (C=O) groups excluding carboxylic acids is 1. The van der Waals surface area contributed by atoms with Gasteiger partial charge in [0.05, 0.1) is 18.1 Å². The molecule has 0 saturated carbocycles. The summed E-state index contributed by atoms with van der Waals surface area (Å²) in [6, 6.07) is 11.0. The summed E-state index contributed by atoms with van der Waals surface area (Å²) in [7, 11) is -3.30. The van der Waals surface area contributed by atoms with Crippen molar-refractivity contribution in [2.75, 3.05) is 24.8 Å². The SMILES string of the molecule is CS(=O)(=O)c1ccc(Oc2cc(OC3CCOC3)cc(C(=O)Nc3nccs3)c2)cc1. The van der Waals surface area contributed by atoms with Crippen LogP contribution in [-0.4, -0.2) is 44.9 Å². The summed E-state index contributed by atoms with van der Waals surface area (Å²) < 4.78 is 40.5. The van der Waals surface area contributed by atoms with Gasteiger partial charge >= 0.3 is 0 Å². The van der Waals surface area contributed by atoms with Gasteiger partial charge in [-0.05, 0) is 36.4 Å². The van der Waals surface area contributed by atoms with E-state index in [4.69, 9.17) is 14.2 Å². The third-order valence-electron chi connectivity index (χ3n) is 4.47. The first-order chi connectivity index (χ1) is 14.9. The lowest BCUT2D eigenvalue weighted by Gasteiger charge is -2.15. The van der Waals surface area contributed by atoms with Gasteiger partial charge in [0.15, 0.2) is 15.0 Å². The molecule has 1 amide bonds. The normalized spacial score (nSPS) is 16.1. The Morgan fingerprint density at radius 2 is 1.94 bits per heavy atom. The summed E-state index contributed by atoms with van der Waals surface area (Å²) >= 11 is 1.32. The van der Waals surface area contributed by atoms with Gasteiger partial charge in [-0.2, -0.15) is 0 Å². The van der Waals surface area contributed by atoms with E-state index >= 15 is 0 Å². The zero-order valence-corrected chi connectivity index (χ0v) is 18.2. The van der Waals surface area contributed by atoms with Crippen LogP contribution in [0.15, 0.2) is 58.9 Å². The number of anilines is 1. The van der Waals surface area contributed by atoms with Crippen LogP contribution in [0.3, 0.4) is 0 Å². The first-order valence-corrected chi connectivity index (χ1v) is 12.2. The van der Waals surface area contributed by atoms with Crippen molar-refractivity contribution in [3.63, 3.8) is 0 Å². The molecular formula is C21H20N2O6S2. The van der Waals surface area contributed by atoms with Crippen LogP contribution in [0.1, 0.15) is 16.8 Å². The maximum atomic E-state index is 12.7. The molecule has 1 aliphatic heterocycles. The molecule has 1 saturated heterocycles. The van der Waals surface area contributed by atoms with Crippen molar-refractivity contribution in [3.8, 4) is 17.2 Å². The predicted octanol–water partition coefficient (Wildman–Crippen LogP) is 3.76. The first kappa shape index (κ1) is 21.3. The fourth-order valence-electron chi connectivity index (χ4n) is 2.97. The van der Waals surface area contributed by atoms with Crippen LogP contribution in [0.2, 0.25) is 0 Å². The van der Waals surface area contributed by atoms with Gasteiger partial charge in [0.1, 0.15) is 23.4 Å². The van der Waals surface area contributed by atoms with Crippen LogP contribution < -0.4 is 14.8 Å². The van der Waals surface area contributed by atoms with Gasteiger partial charge < -0.3 is 14.2 Å². The smallest absolute Gasteiger partial charge is 0.257 e. The quantitative estimate of drug-likeness (QED) is 0.572. The summed E-state index contributed by atoms with van der Waals surface area (Å²) in [6.07, 6.45) is 3.41.